The summed E-state index contributed by atoms with van der Waals surface area (Å²) >= 11 is 5.99. The van der Waals surface area contributed by atoms with Gasteiger partial charge in [0.25, 0.3) is 0 Å². The minimum Gasteiger partial charge on any atom is -0.379 e. The Kier molecular flexibility index (Phi) is 7.45. The summed E-state index contributed by atoms with van der Waals surface area (Å²) < 4.78 is 7.34. The highest BCUT2D eigenvalue weighted by atomic mass is 35.5. The molecule has 0 fully saturated rings. The van der Waals surface area contributed by atoms with Crippen LogP contribution in [0.15, 0.2) is 30.3 Å². The highest BCUT2D eigenvalue weighted by Gasteiger charge is 2.14. The molecule has 6 nitrogen and oxygen atoms in total. The van der Waals surface area contributed by atoms with Crippen molar-refractivity contribution in [3.8, 4) is 11.3 Å². The van der Waals surface area contributed by atoms with Crippen LogP contribution >= 0.6 is 11.6 Å². The highest BCUT2D eigenvalue weighted by molar-refractivity contribution is 6.30. The quantitative estimate of drug-likeness (QED) is 0.508. The van der Waals surface area contributed by atoms with Crippen LogP contribution < -0.4 is 5.32 Å². The van der Waals surface area contributed by atoms with Gasteiger partial charge in [0.2, 0.25) is 5.91 Å². The van der Waals surface area contributed by atoms with Crippen molar-refractivity contribution in [2.45, 2.75) is 53.1 Å². The normalized spacial score (nSPS) is 11.4. The molecule has 0 aliphatic rings. The SMILES string of the molecule is Cc1nc2cc(-c3ccc(Cl)cc3)nn2c(C)c1CCC(=O)NCCCOC(C)C. The molecule has 0 unspecified atom stereocenters. The van der Waals surface area contributed by atoms with Crippen LogP contribution in [0.1, 0.15) is 43.6 Å². The molecule has 1 amide bonds. The van der Waals surface area contributed by atoms with E-state index in [0.29, 0.717) is 31.0 Å². The lowest BCUT2D eigenvalue weighted by Crippen LogP contribution is -2.26. The van der Waals surface area contributed by atoms with Gasteiger partial charge in [0.1, 0.15) is 0 Å². The third kappa shape index (κ3) is 5.58. The number of benzene rings is 1. The van der Waals surface area contributed by atoms with E-state index < -0.39 is 0 Å². The maximum absolute atomic E-state index is 12.2. The molecule has 2 aromatic heterocycles. The Labute approximate surface area is 182 Å². The van der Waals surface area contributed by atoms with Gasteiger partial charge < -0.3 is 10.1 Å². The van der Waals surface area contributed by atoms with E-state index in [1.807, 2.05) is 62.5 Å². The van der Waals surface area contributed by atoms with E-state index in [0.717, 1.165) is 40.3 Å². The third-order valence-electron chi connectivity index (χ3n) is 5.00. The van der Waals surface area contributed by atoms with Crippen molar-refractivity contribution in [1.82, 2.24) is 19.9 Å². The first-order chi connectivity index (χ1) is 14.3. The van der Waals surface area contributed by atoms with Crippen LogP contribution in [0.4, 0.5) is 0 Å². The Hall–Kier alpha value is -2.44. The molecule has 30 heavy (non-hydrogen) atoms. The molecule has 0 spiro atoms. The predicted octanol–water partition coefficient (Wildman–Crippen LogP) is 4.53. The fraction of sp³-hybridized carbons (Fsp3) is 0.435. The van der Waals surface area contributed by atoms with Gasteiger partial charge in [0.15, 0.2) is 5.65 Å². The van der Waals surface area contributed by atoms with Gasteiger partial charge in [-0.15, -0.1) is 0 Å². The van der Waals surface area contributed by atoms with Gasteiger partial charge in [0.05, 0.1) is 11.8 Å². The summed E-state index contributed by atoms with van der Waals surface area (Å²) in [6, 6.07) is 9.57. The first-order valence-electron chi connectivity index (χ1n) is 10.3. The monoisotopic (exact) mass is 428 g/mol. The van der Waals surface area contributed by atoms with E-state index in [-0.39, 0.29) is 12.0 Å². The zero-order chi connectivity index (χ0) is 21.7. The second-order valence-corrected chi connectivity index (χ2v) is 8.13. The molecule has 1 N–H and O–H groups in total. The summed E-state index contributed by atoms with van der Waals surface area (Å²) in [5.41, 5.74) is 5.64. The number of nitrogens with zero attached hydrogens (tertiary/aromatic N) is 3. The molecule has 0 aliphatic carbocycles. The van der Waals surface area contributed by atoms with E-state index in [9.17, 15) is 4.79 Å². The van der Waals surface area contributed by atoms with Gasteiger partial charge >= 0.3 is 0 Å². The van der Waals surface area contributed by atoms with Gasteiger partial charge in [-0.05, 0) is 58.2 Å². The maximum Gasteiger partial charge on any atom is 0.220 e. The van der Waals surface area contributed by atoms with Crippen molar-refractivity contribution in [2.24, 2.45) is 0 Å². The molecule has 3 rings (SSSR count). The van der Waals surface area contributed by atoms with Crippen LogP contribution in [-0.4, -0.2) is 39.8 Å². The topological polar surface area (TPSA) is 68.5 Å². The molecule has 0 aliphatic heterocycles. The van der Waals surface area contributed by atoms with Crippen molar-refractivity contribution >= 4 is 23.2 Å². The number of carbonyl (C=O) groups is 1. The largest absolute Gasteiger partial charge is 0.379 e. The van der Waals surface area contributed by atoms with Crippen molar-refractivity contribution in [1.29, 1.82) is 0 Å². The lowest BCUT2D eigenvalue weighted by molar-refractivity contribution is -0.121. The number of rotatable bonds is 9. The Balaban J connectivity index is 1.66. The molecule has 0 saturated carbocycles. The third-order valence-corrected chi connectivity index (χ3v) is 5.25. The number of fused-ring (bicyclic) bond motifs is 1. The summed E-state index contributed by atoms with van der Waals surface area (Å²) in [7, 11) is 0. The van der Waals surface area contributed by atoms with Gasteiger partial charge in [-0.25, -0.2) is 9.50 Å². The average molecular weight is 429 g/mol. The number of ether oxygens (including phenoxy) is 1. The first kappa shape index (κ1) is 22.2. The highest BCUT2D eigenvalue weighted by Crippen LogP contribution is 2.24. The average Bonchev–Trinajstić information content (AvgIpc) is 3.12. The fourth-order valence-electron chi connectivity index (χ4n) is 3.40. The molecule has 0 radical (unpaired) electrons. The van der Waals surface area contributed by atoms with Gasteiger partial charge in [-0.1, -0.05) is 23.7 Å². The van der Waals surface area contributed by atoms with Crippen LogP contribution in [0.25, 0.3) is 16.9 Å². The summed E-state index contributed by atoms with van der Waals surface area (Å²) in [6.07, 6.45) is 2.09. The maximum atomic E-state index is 12.2. The van der Waals surface area contributed by atoms with Crippen LogP contribution in [0.3, 0.4) is 0 Å². The number of carbonyl (C=O) groups excluding carboxylic acids is 1. The number of hydrogen-bond acceptors (Lipinski definition) is 4. The van der Waals surface area contributed by atoms with Gasteiger partial charge in [-0.3, -0.25) is 4.79 Å². The van der Waals surface area contributed by atoms with Crippen LogP contribution in [0, 0.1) is 13.8 Å². The summed E-state index contributed by atoms with van der Waals surface area (Å²) in [5, 5.41) is 8.38. The van der Waals surface area contributed by atoms with Crippen molar-refractivity contribution in [2.75, 3.05) is 13.2 Å². The molecule has 0 saturated heterocycles. The second-order valence-electron chi connectivity index (χ2n) is 7.69. The Bertz CT molecular complexity index is 1010. The Morgan fingerprint density at radius 3 is 2.67 bits per heavy atom. The molecule has 2 heterocycles. The van der Waals surface area contributed by atoms with Crippen LogP contribution in [0.5, 0.6) is 0 Å². The Morgan fingerprint density at radius 1 is 1.23 bits per heavy atom. The molecule has 0 bridgehead atoms. The Morgan fingerprint density at radius 2 is 1.97 bits per heavy atom. The fourth-order valence-corrected chi connectivity index (χ4v) is 3.52. The minimum absolute atomic E-state index is 0.0424. The smallest absolute Gasteiger partial charge is 0.220 e. The standard InChI is InChI=1S/C23H29ClN4O2/c1-15(2)30-13-5-12-25-23(29)11-10-20-16(3)26-22-14-21(27-28(22)17(20)4)18-6-8-19(24)9-7-18/h6-9,14-15H,5,10-13H2,1-4H3,(H,25,29). The minimum atomic E-state index is 0.0424. The molecule has 0 atom stereocenters. The number of halogens is 1. The first-order valence-corrected chi connectivity index (χ1v) is 10.7. The number of nitrogens with one attached hydrogen (secondary N) is 1. The lowest BCUT2D eigenvalue weighted by atomic mass is 10.1. The van der Waals surface area contributed by atoms with E-state index in [2.05, 4.69) is 5.32 Å². The lowest BCUT2D eigenvalue weighted by Gasteiger charge is -2.11. The van der Waals surface area contributed by atoms with Crippen LogP contribution in [-0.2, 0) is 16.0 Å². The van der Waals surface area contributed by atoms with Crippen LogP contribution in [0.2, 0.25) is 5.02 Å². The second kappa shape index (κ2) is 10.0. The van der Waals surface area contributed by atoms with Crippen molar-refractivity contribution in [3.63, 3.8) is 0 Å². The number of amides is 1. The summed E-state index contributed by atoms with van der Waals surface area (Å²) in [5.74, 6) is 0.0424. The zero-order valence-corrected chi connectivity index (χ0v) is 18.8. The zero-order valence-electron chi connectivity index (χ0n) is 18.0. The van der Waals surface area contributed by atoms with E-state index in [1.165, 1.54) is 0 Å². The number of aromatic nitrogens is 3. The van der Waals surface area contributed by atoms with E-state index in [1.54, 1.807) is 0 Å². The van der Waals surface area contributed by atoms with Crippen molar-refractivity contribution < 1.29 is 9.53 Å². The number of hydrogen-bond donors (Lipinski definition) is 1. The molecular weight excluding hydrogens is 400 g/mol. The molecular formula is C23H29ClN4O2. The number of aryl methyl sites for hydroxylation is 2. The molecule has 3 aromatic rings. The summed E-state index contributed by atoms with van der Waals surface area (Å²) in [6.45, 7) is 9.31. The molecule has 1 aromatic carbocycles. The predicted molar refractivity (Wildman–Crippen MR) is 120 cm³/mol. The van der Waals surface area contributed by atoms with E-state index >= 15 is 0 Å². The molecule has 160 valence electrons. The van der Waals surface area contributed by atoms with Crippen molar-refractivity contribution in [3.05, 3.63) is 52.3 Å². The van der Waals surface area contributed by atoms with E-state index in [4.69, 9.17) is 26.4 Å². The van der Waals surface area contributed by atoms with Gasteiger partial charge in [-0.2, -0.15) is 5.10 Å². The van der Waals surface area contributed by atoms with Gasteiger partial charge in [0, 0.05) is 47.6 Å². The molecule has 7 heteroatoms. The summed E-state index contributed by atoms with van der Waals surface area (Å²) in [4.78, 5) is 16.9.